The van der Waals surface area contributed by atoms with Crippen molar-refractivity contribution in [3.8, 4) is 0 Å². The van der Waals surface area contributed by atoms with Gasteiger partial charge in [-0.05, 0) is 39.5 Å². The van der Waals surface area contributed by atoms with E-state index in [1.807, 2.05) is 0 Å². The predicted octanol–water partition coefficient (Wildman–Crippen LogP) is 0.444. The zero-order valence-electron chi connectivity index (χ0n) is 10.8. The topological polar surface area (TPSA) is 44.4 Å². The van der Waals surface area contributed by atoms with Crippen LogP contribution in [0.25, 0.3) is 0 Å². The van der Waals surface area contributed by atoms with Crippen LogP contribution in [0, 0.1) is 5.41 Å². The third kappa shape index (κ3) is 3.76. The Bertz CT molecular complexity index is 224. The highest BCUT2D eigenvalue weighted by molar-refractivity contribution is 5.82. The van der Waals surface area contributed by atoms with Gasteiger partial charge >= 0.3 is 0 Å². The van der Waals surface area contributed by atoms with E-state index in [2.05, 4.69) is 36.4 Å². The van der Waals surface area contributed by atoms with Crippen LogP contribution < -0.4 is 10.6 Å². The summed E-state index contributed by atoms with van der Waals surface area (Å²) in [6.07, 6.45) is 1.89. The lowest BCUT2D eigenvalue weighted by molar-refractivity contribution is -0.131. The maximum atomic E-state index is 12.0. The summed E-state index contributed by atoms with van der Waals surface area (Å²) in [5.41, 5.74) is -0.157. The van der Waals surface area contributed by atoms with Gasteiger partial charge in [0.15, 0.2) is 0 Å². The third-order valence-corrected chi connectivity index (χ3v) is 3.57. The number of nitrogens with zero attached hydrogens (tertiary/aromatic N) is 1. The fourth-order valence-electron chi connectivity index (χ4n) is 1.94. The van der Waals surface area contributed by atoms with E-state index in [1.165, 1.54) is 0 Å². The first-order valence-electron chi connectivity index (χ1n) is 6.26. The lowest BCUT2D eigenvalue weighted by Gasteiger charge is -2.32. The standard InChI is InChI=1S/C12H25N3O/c1-4-15(3)10-9-14-11(16)12(2)5-7-13-8-6-12/h13H,4-10H2,1-3H3,(H,14,16). The molecule has 0 atom stereocenters. The average Bonchev–Trinajstić information content (AvgIpc) is 2.29. The maximum absolute atomic E-state index is 12.0. The molecule has 16 heavy (non-hydrogen) atoms. The number of amides is 1. The summed E-state index contributed by atoms with van der Waals surface area (Å²) < 4.78 is 0. The summed E-state index contributed by atoms with van der Waals surface area (Å²) in [6, 6.07) is 0. The summed E-state index contributed by atoms with van der Waals surface area (Å²) >= 11 is 0. The summed E-state index contributed by atoms with van der Waals surface area (Å²) in [4.78, 5) is 14.2. The van der Waals surface area contributed by atoms with Gasteiger partial charge in [0.1, 0.15) is 0 Å². The quantitative estimate of drug-likeness (QED) is 0.716. The van der Waals surface area contributed by atoms with Gasteiger partial charge in [-0.2, -0.15) is 0 Å². The van der Waals surface area contributed by atoms with Crippen LogP contribution in [0.4, 0.5) is 0 Å². The molecule has 0 unspecified atom stereocenters. The van der Waals surface area contributed by atoms with Crippen molar-refractivity contribution in [2.75, 3.05) is 39.8 Å². The average molecular weight is 227 g/mol. The van der Waals surface area contributed by atoms with Crippen LogP contribution in [-0.2, 0) is 4.79 Å². The molecule has 0 aliphatic carbocycles. The monoisotopic (exact) mass is 227 g/mol. The van der Waals surface area contributed by atoms with E-state index in [0.29, 0.717) is 0 Å². The van der Waals surface area contributed by atoms with Crippen LogP contribution >= 0.6 is 0 Å². The number of likely N-dealkylation sites (N-methyl/N-ethyl adjacent to an activating group) is 1. The number of hydrogen-bond donors (Lipinski definition) is 2. The lowest BCUT2D eigenvalue weighted by atomic mass is 9.80. The van der Waals surface area contributed by atoms with Crippen molar-refractivity contribution in [3.05, 3.63) is 0 Å². The minimum atomic E-state index is -0.157. The van der Waals surface area contributed by atoms with E-state index in [0.717, 1.165) is 45.6 Å². The van der Waals surface area contributed by atoms with E-state index in [9.17, 15) is 4.79 Å². The molecule has 1 heterocycles. The summed E-state index contributed by atoms with van der Waals surface area (Å²) in [7, 11) is 2.07. The van der Waals surface area contributed by atoms with Gasteiger partial charge in [-0.3, -0.25) is 4.79 Å². The van der Waals surface area contributed by atoms with Crippen molar-refractivity contribution in [3.63, 3.8) is 0 Å². The van der Waals surface area contributed by atoms with Crippen molar-refractivity contribution in [2.24, 2.45) is 5.41 Å². The van der Waals surface area contributed by atoms with Crippen LogP contribution in [0.1, 0.15) is 26.7 Å². The molecule has 4 nitrogen and oxygen atoms in total. The number of hydrogen-bond acceptors (Lipinski definition) is 3. The van der Waals surface area contributed by atoms with Crippen molar-refractivity contribution in [2.45, 2.75) is 26.7 Å². The first-order chi connectivity index (χ1) is 7.58. The molecule has 94 valence electrons. The molecule has 4 heteroatoms. The van der Waals surface area contributed by atoms with Crippen LogP contribution in [0.2, 0.25) is 0 Å². The second-order valence-corrected chi connectivity index (χ2v) is 4.96. The molecule has 1 fully saturated rings. The van der Waals surface area contributed by atoms with E-state index < -0.39 is 0 Å². The van der Waals surface area contributed by atoms with Gasteiger partial charge < -0.3 is 15.5 Å². The highest BCUT2D eigenvalue weighted by atomic mass is 16.2. The fraction of sp³-hybridized carbons (Fsp3) is 0.917. The second-order valence-electron chi connectivity index (χ2n) is 4.96. The Morgan fingerprint density at radius 2 is 2.06 bits per heavy atom. The molecule has 0 bridgehead atoms. The molecule has 0 radical (unpaired) electrons. The van der Waals surface area contributed by atoms with E-state index >= 15 is 0 Å². The van der Waals surface area contributed by atoms with Gasteiger partial charge in [-0.15, -0.1) is 0 Å². The van der Waals surface area contributed by atoms with Crippen molar-refractivity contribution in [1.82, 2.24) is 15.5 Å². The smallest absolute Gasteiger partial charge is 0.226 e. The van der Waals surface area contributed by atoms with Gasteiger partial charge in [-0.1, -0.05) is 13.8 Å². The number of rotatable bonds is 5. The minimum absolute atomic E-state index is 0.157. The largest absolute Gasteiger partial charge is 0.354 e. The van der Waals surface area contributed by atoms with Crippen LogP contribution in [0.15, 0.2) is 0 Å². The molecule has 0 aromatic heterocycles. The molecule has 1 aliphatic heterocycles. The van der Waals surface area contributed by atoms with Crippen molar-refractivity contribution in [1.29, 1.82) is 0 Å². The molecule has 2 N–H and O–H groups in total. The van der Waals surface area contributed by atoms with Crippen molar-refractivity contribution >= 4 is 5.91 Å². The van der Waals surface area contributed by atoms with Gasteiger partial charge in [0.25, 0.3) is 0 Å². The fourth-order valence-corrected chi connectivity index (χ4v) is 1.94. The first-order valence-corrected chi connectivity index (χ1v) is 6.26. The molecule has 1 rings (SSSR count). The van der Waals surface area contributed by atoms with Crippen molar-refractivity contribution < 1.29 is 4.79 Å². The Balaban J connectivity index is 2.28. The van der Waals surface area contributed by atoms with Gasteiger partial charge in [0.2, 0.25) is 5.91 Å². The predicted molar refractivity (Wildman–Crippen MR) is 66.4 cm³/mol. The Labute approximate surface area is 98.8 Å². The zero-order valence-corrected chi connectivity index (χ0v) is 10.8. The summed E-state index contributed by atoms with van der Waals surface area (Å²) in [5, 5.41) is 6.34. The second kappa shape index (κ2) is 6.21. The maximum Gasteiger partial charge on any atom is 0.226 e. The summed E-state index contributed by atoms with van der Waals surface area (Å²) in [5.74, 6) is 0.221. The lowest BCUT2D eigenvalue weighted by Crippen LogP contribution is -2.47. The van der Waals surface area contributed by atoms with Gasteiger partial charge in [-0.25, -0.2) is 0 Å². The number of carbonyl (C=O) groups excluding carboxylic acids is 1. The molecule has 1 aliphatic rings. The molecule has 0 spiro atoms. The third-order valence-electron chi connectivity index (χ3n) is 3.57. The molecule has 0 aromatic carbocycles. The first kappa shape index (κ1) is 13.5. The molecule has 0 aromatic rings. The van der Waals surface area contributed by atoms with Crippen LogP contribution in [-0.4, -0.2) is 50.6 Å². The molecular weight excluding hydrogens is 202 g/mol. The highest BCUT2D eigenvalue weighted by Crippen LogP contribution is 2.27. The van der Waals surface area contributed by atoms with E-state index in [4.69, 9.17) is 0 Å². The highest BCUT2D eigenvalue weighted by Gasteiger charge is 2.33. The van der Waals surface area contributed by atoms with E-state index in [1.54, 1.807) is 0 Å². The van der Waals surface area contributed by atoms with Gasteiger partial charge in [0, 0.05) is 18.5 Å². The minimum Gasteiger partial charge on any atom is -0.354 e. The molecule has 1 saturated heterocycles. The molecule has 0 saturated carbocycles. The normalized spacial score (nSPS) is 19.8. The molecular formula is C12H25N3O. The Hall–Kier alpha value is -0.610. The number of nitrogens with one attached hydrogen (secondary N) is 2. The Kier molecular flexibility index (Phi) is 5.22. The Morgan fingerprint density at radius 1 is 1.44 bits per heavy atom. The van der Waals surface area contributed by atoms with Gasteiger partial charge in [0.05, 0.1) is 0 Å². The number of carbonyl (C=O) groups is 1. The Morgan fingerprint density at radius 3 is 2.62 bits per heavy atom. The van der Waals surface area contributed by atoms with E-state index in [-0.39, 0.29) is 11.3 Å². The van der Waals surface area contributed by atoms with Crippen LogP contribution in [0.5, 0.6) is 0 Å². The van der Waals surface area contributed by atoms with Crippen LogP contribution in [0.3, 0.4) is 0 Å². The zero-order chi connectivity index (χ0) is 12.0. The summed E-state index contributed by atoms with van der Waals surface area (Å²) in [6.45, 7) is 8.82. The number of piperidine rings is 1. The SMILES string of the molecule is CCN(C)CCNC(=O)C1(C)CCNCC1. The molecule has 1 amide bonds.